The number of aryl methyl sites for hydroxylation is 1. The summed E-state index contributed by atoms with van der Waals surface area (Å²) in [7, 11) is 0. The Hall–Kier alpha value is -3.23. The first-order valence-corrected chi connectivity index (χ1v) is 13.7. The van der Waals surface area contributed by atoms with Crippen molar-refractivity contribution in [2.75, 3.05) is 6.61 Å². The molecule has 10 heteroatoms. The summed E-state index contributed by atoms with van der Waals surface area (Å²) < 4.78 is 10.9. The van der Waals surface area contributed by atoms with Gasteiger partial charge in [0.1, 0.15) is 23.0 Å². The smallest absolute Gasteiger partial charge is 0.344 e. The van der Waals surface area contributed by atoms with Gasteiger partial charge in [-0.15, -0.1) is 0 Å². The average Bonchev–Trinajstić information content (AvgIpc) is 3.19. The number of carbonyl (C=O) groups is 2. The van der Waals surface area contributed by atoms with E-state index in [1.54, 1.807) is 56.3 Å². The molecule has 0 radical (unpaired) electrons. The maximum absolute atomic E-state index is 12.9. The van der Waals surface area contributed by atoms with E-state index in [2.05, 4.69) is 4.99 Å². The maximum atomic E-state index is 12.9. The molecule has 1 aliphatic rings. The van der Waals surface area contributed by atoms with Crippen molar-refractivity contribution < 1.29 is 24.2 Å². The van der Waals surface area contributed by atoms with E-state index in [1.807, 2.05) is 24.3 Å². The number of halogens is 3. The summed E-state index contributed by atoms with van der Waals surface area (Å²) >= 11 is 20.1. The van der Waals surface area contributed by atoms with E-state index >= 15 is 0 Å². The predicted molar refractivity (Wildman–Crippen MR) is 157 cm³/mol. The van der Waals surface area contributed by atoms with E-state index in [9.17, 15) is 14.7 Å². The van der Waals surface area contributed by atoms with Gasteiger partial charge in [-0.2, -0.15) is 0 Å². The maximum Gasteiger partial charge on any atom is 0.344 e. The number of thioether (sulfide) groups is 1. The summed E-state index contributed by atoms with van der Waals surface area (Å²) in [6.07, 6.45) is 1.58. The minimum Gasteiger partial charge on any atom is -0.506 e. The number of hydrogen-bond donors (Lipinski definition) is 1. The SMILES string of the molecule is CCOC(=O)C1=C(O)/C(=C/c2cc(Cl)c(OCc3ccccc3Cl)c(Cl)c2)SC1=NC(=O)c1ccccc1C. The second-order valence-corrected chi connectivity index (χ2v) is 10.5. The normalized spacial score (nSPS) is 15.2. The first-order chi connectivity index (χ1) is 18.7. The van der Waals surface area contributed by atoms with Gasteiger partial charge >= 0.3 is 5.97 Å². The van der Waals surface area contributed by atoms with Gasteiger partial charge in [-0.1, -0.05) is 83.0 Å². The van der Waals surface area contributed by atoms with Gasteiger partial charge in [0.25, 0.3) is 5.91 Å². The van der Waals surface area contributed by atoms with Gasteiger partial charge in [-0.05, 0) is 55.3 Å². The zero-order valence-corrected chi connectivity index (χ0v) is 23.9. The summed E-state index contributed by atoms with van der Waals surface area (Å²) in [5.41, 5.74) is 2.23. The molecule has 0 fully saturated rings. The van der Waals surface area contributed by atoms with E-state index in [0.29, 0.717) is 16.1 Å². The van der Waals surface area contributed by atoms with E-state index in [4.69, 9.17) is 44.3 Å². The van der Waals surface area contributed by atoms with Crippen LogP contribution < -0.4 is 4.74 Å². The van der Waals surface area contributed by atoms with Gasteiger partial charge in [-0.25, -0.2) is 9.79 Å². The molecule has 0 saturated carbocycles. The largest absolute Gasteiger partial charge is 0.506 e. The van der Waals surface area contributed by atoms with E-state index in [1.165, 1.54) is 0 Å². The molecule has 4 rings (SSSR count). The van der Waals surface area contributed by atoms with E-state index < -0.39 is 11.9 Å². The molecule has 3 aromatic carbocycles. The highest BCUT2D eigenvalue weighted by Crippen LogP contribution is 2.41. The van der Waals surface area contributed by atoms with Gasteiger partial charge < -0.3 is 14.6 Å². The Bertz CT molecular complexity index is 1520. The topological polar surface area (TPSA) is 85.2 Å². The zero-order chi connectivity index (χ0) is 28.1. The Kier molecular flexibility index (Phi) is 9.40. The number of hydrogen-bond acceptors (Lipinski definition) is 6. The second kappa shape index (κ2) is 12.7. The van der Waals surface area contributed by atoms with Gasteiger partial charge in [-0.3, -0.25) is 4.79 Å². The Morgan fingerprint density at radius 3 is 2.33 bits per heavy atom. The van der Waals surface area contributed by atoms with Crippen molar-refractivity contribution in [1.29, 1.82) is 0 Å². The Morgan fingerprint density at radius 1 is 1.00 bits per heavy atom. The fourth-order valence-corrected chi connectivity index (χ4v) is 5.49. The first-order valence-electron chi connectivity index (χ1n) is 11.7. The molecule has 0 aromatic heterocycles. The van der Waals surface area contributed by atoms with Crippen LogP contribution in [0.3, 0.4) is 0 Å². The highest BCUT2D eigenvalue weighted by Gasteiger charge is 2.34. The molecule has 0 unspecified atom stereocenters. The van der Waals surface area contributed by atoms with Crippen LogP contribution in [-0.4, -0.2) is 28.6 Å². The Labute approximate surface area is 244 Å². The molecule has 0 bridgehead atoms. The third kappa shape index (κ3) is 6.68. The number of benzene rings is 3. The number of nitrogens with zero attached hydrogens (tertiary/aromatic N) is 1. The van der Waals surface area contributed by atoms with Crippen LogP contribution in [-0.2, 0) is 16.1 Å². The van der Waals surface area contributed by atoms with Crippen LogP contribution in [0.2, 0.25) is 15.1 Å². The standard InChI is InChI=1S/C29H22Cl3NO5S/c1-3-37-29(36)24-25(34)23(39-28(24)33-27(35)19-10-6-4-8-16(19)2)14-17-12-21(31)26(22(32)13-17)38-15-18-9-5-7-11-20(18)30/h4-14,34H,3,15H2,1-2H3/b23-14-,33-28?. The summed E-state index contributed by atoms with van der Waals surface area (Å²) in [5.74, 6) is -1.42. The molecule has 0 saturated heterocycles. The molecule has 0 aliphatic carbocycles. The van der Waals surface area contributed by atoms with Crippen LogP contribution in [0.25, 0.3) is 6.08 Å². The Balaban J connectivity index is 1.65. The number of aliphatic hydroxyl groups is 1. The average molecular weight is 603 g/mol. The second-order valence-electron chi connectivity index (χ2n) is 8.29. The molecule has 0 spiro atoms. The molecule has 0 atom stereocenters. The van der Waals surface area contributed by atoms with Crippen molar-refractivity contribution in [3.05, 3.63) is 114 Å². The molecule has 1 amide bonds. The number of ether oxygens (including phenoxy) is 2. The molecule has 200 valence electrons. The lowest BCUT2D eigenvalue weighted by atomic mass is 10.1. The van der Waals surface area contributed by atoms with Crippen LogP contribution in [0.15, 0.2) is 81.9 Å². The van der Waals surface area contributed by atoms with Crippen LogP contribution in [0.5, 0.6) is 5.75 Å². The summed E-state index contributed by atoms with van der Waals surface area (Å²) in [5, 5.41) is 12.0. The van der Waals surface area contributed by atoms with Crippen molar-refractivity contribution in [2.45, 2.75) is 20.5 Å². The highest BCUT2D eigenvalue weighted by atomic mass is 35.5. The molecule has 1 aliphatic heterocycles. The molecule has 1 N–H and O–H groups in total. The molecule has 1 heterocycles. The number of aliphatic hydroxyl groups excluding tert-OH is 1. The molecular weight excluding hydrogens is 581 g/mol. The van der Waals surface area contributed by atoms with Crippen molar-refractivity contribution in [2.24, 2.45) is 4.99 Å². The third-order valence-corrected chi connectivity index (χ3v) is 7.55. The molecule has 3 aromatic rings. The van der Waals surface area contributed by atoms with Crippen LogP contribution >= 0.6 is 46.6 Å². The van der Waals surface area contributed by atoms with Crippen molar-refractivity contribution >= 4 is 69.6 Å². The quantitative estimate of drug-likeness (QED) is 0.274. The number of rotatable bonds is 7. The van der Waals surface area contributed by atoms with Gasteiger partial charge in [0, 0.05) is 16.1 Å². The number of aliphatic imine (C=N–C) groups is 1. The summed E-state index contributed by atoms with van der Waals surface area (Å²) in [6.45, 7) is 3.67. The van der Waals surface area contributed by atoms with E-state index in [0.717, 1.165) is 22.9 Å². The van der Waals surface area contributed by atoms with Crippen LogP contribution in [0.4, 0.5) is 0 Å². The summed E-state index contributed by atoms with van der Waals surface area (Å²) in [4.78, 5) is 30.0. The van der Waals surface area contributed by atoms with Crippen molar-refractivity contribution in [1.82, 2.24) is 0 Å². The number of amides is 1. The number of esters is 1. The predicted octanol–water partition coefficient (Wildman–Crippen LogP) is 8.24. The molecular formula is C29H22Cl3NO5S. The first kappa shape index (κ1) is 28.8. The lowest BCUT2D eigenvalue weighted by molar-refractivity contribution is -0.138. The van der Waals surface area contributed by atoms with Gasteiger partial charge in [0.15, 0.2) is 5.75 Å². The lowest BCUT2D eigenvalue weighted by Crippen LogP contribution is -2.14. The highest BCUT2D eigenvalue weighted by molar-refractivity contribution is 8.18. The fourth-order valence-electron chi connectivity index (χ4n) is 3.67. The fraction of sp³-hybridized carbons (Fsp3) is 0.138. The van der Waals surface area contributed by atoms with Crippen LogP contribution in [0.1, 0.15) is 34.0 Å². The van der Waals surface area contributed by atoms with Crippen molar-refractivity contribution in [3.63, 3.8) is 0 Å². The zero-order valence-electron chi connectivity index (χ0n) is 20.8. The van der Waals surface area contributed by atoms with Gasteiger partial charge in [0.05, 0.1) is 21.6 Å². The monoisotopic (exact) mass is 601 g/mol. The summed E-state index contributed by atoms with van der Waals surface area (Å²) in [6, 6.07) is 17.4. The van der Waals surface area contributed by atoms with Gasteiger partial charge in [0.2, 0.25) is 0 Å². The molecule has 6 nitrogen and oxygen atoms in total. The minimum atomic E-state index is -0.790. The van der Waals surface area contributed by atoms with E-state index in [-0.39, 0.29) is 50.3 Å². The Morgan fingerprint density at radius 2 is 1.67 bits per heavy atom. The minimum absolute atomic E-state index is 0.0299. The number of carbonyl (C=O) groups excluding carboxylic acids is 2. The lowest BCUT2D eigenvalue weighted by Gasteiger charge is -2.12. The van der Waals surface area contributed by atoms with Crippen LogP contribution in [0, 0.1) is 6.92 Å². The third-order valence-electron chi connectivity index (χ3n) is 5.60. The molecule has 39 heavy (non-hydrogen) atoms. The van der Waals surface area contributed by atoms with Crippen molar-refractivity contribution in [3.8, 4) is 5.75 Å².